The number of carbonyl (C=O) groups is 3. The Kier molecular flexibility index (Phi) is 7.21. The number of carbonyl (C=O) groups excluding carboxylic acids is 2. The molecule has 2 atom stereocenters. The second-order valence-electron chi connectivity index (χ2n) is 7.36. The molecule has 0 unspecified atom stereocenters. The third-order valence-corrected chi connectivity index (χ3v) is 4.89. The minimum atomic E-state index is -0.967. The van der Waals surface area contributed by atoms with Crippen LogP contribution in [0.15, 0.2) is 18.2 Å². The highest BCUT2D eigenvalue weighted by atomic mass is 16.5. The first kappa shape index (κ1) is 20.7. The smallest absolute Gasteiger partial charge is 0.307 e. The van der Waals surface area contributed by atoms with Crippen molar-refractivity contribution >= 4 is 17.8 Å². The Morgan fingerprint density at radius 3 is 2.44 bits per heavy atom. The fourth-order valence-corrected chi connectivity index (χ4v) is 3.39. The number of hydrogen-bond donors (Lipinski definition) is 3. The Morgan fingerprint density at radius 1 is 1.15 bits per heavy atom. The second-order valence-corrected chi connectivity index (χ2v) is 7.36. The third-order valence-electron chi connectivity index (χ3n) is 4.89. The first-order valence-electron chi connectivity index (χ1n) is 9.34. The summed E-state index contributed by atoms with van der Waals surface area (Å²) in [6.07, 6.45) is 2.60. The number of aryl methyl sites for hydroxylation is 1. The van der Waals surface area contributed by atoms with Crippen molar-refractivity contribution in [1.82, 2.24) is 10.9 Å². The van der Waals surface area contributed by atoms with Gasteiger partial charge in [-0.25, -0.2) is 0 Å². The fraction of sp³-hybridized carbons (Fsp3) is 0.550. The van der Waals surface area contributed by atoms with Gasteiger partial charge in [-0.2, -0.15) is 0 Å². The monoisotopic (exact) mass is 376 g/mol. The highest BCUT2D eigenvalue weighted by Gasteiger charge is 2.35. The topological polar surface area (TPSA) is 105 Å². The number of carboxylic acids is 1. The molecule has 0 saturated heterocycles. The highest BCUT2D eigenvalue weighted by molar-refractivity contribution is 5.87. The molecular formula is C20H28N2O5. The lowest BCUT2D eigenvalue weighted by Gasteiger charge is -2.27. The number of carboxylic acid groups (broad SMARTS) is 1. The number of rotatable bonds is 6. The number of hydrazine groups is 1. The maximum absolute atomic E-state index is 12.2. The van der Waals surface area contributed by atoms with Gasteiger partial charge in [0.15, 0.2) is 6.61 Å². The summed E-state index contributed by atoms with van der Waals surface area (Å²) < 4.78 is 5.62. The molecule has 2 rings (SSSR count). The molecule has 1 saturated carbocycles. The molecule has 1 fully saturated rings. The summed E-state index contributed by atoms with van der Waals surface area (Å²) in [5, 5.41) is 9.25. The van der Waals surface area contributed by atoms with Crippen molar-refractivity contribution in [3.05, 3.63) is 29.3 Å². The molecule has 27 heavy (non-hydrogen) atoms. The van der Waals surface area contributed by atoms with Crippen LogP contribution in [0.2, 0.25) is 0 Å². The van der Waals surface area contributed by atoms with Crippen LogP contribution in [0.25, 0.3) is 0 Å². The summed E-state index contributed by atoms with van der Waals surface area (Å²) in [7, 11) is 0. The second kappa shape index (κ2) is 9.39. The van der Waals surface area contributed by atoms with Crippen molar-refractivity contribution in [3.63, 3.8) is 0 Å². The van der Waals surface area contributed by atoms with Gasteiger partial charge in [0.25, 0.3) is 5.91 Å². The molecule has 1 aliphatic rings. The first-order chi connectivity index (χ1) is 12.8. The van der Waals surface area contributed by atoms with E-state index in [1.54, 1.807) is 0 Å². The lowest BCUT2D eigenvalue weighted by Crippen LogP contribution is -2.49. The van der Waals surface area contributed by atoms with Crippen LogP contribution in [0.3, 0.4) is 0 Å². The molecule has 7 nitrogen and oxygen atoms in total. The highest BCUT2D eigenvalue weighted by Crippen LogP contribution is 2.30. The molecule has 0 radical (unpaired) electrons. The molecule has 148 valence electrons. The molecule has 0 aromatic heterocycles. The van der Waals surface area contributed by atoms with E-state index in [-0.39, 0.29) is 12.5 Å². The van der Waals surface area contributed by atoms with Crippen LogP contribution in [0.4, 0.5) is 0 Å². The normalized spacial score (nSPS) is 19.4. The maximum Gasteiger partial charge on any atom is 0.307 e. The Labute approximate surface area is 159 Å². The van der Waals surface area contributed by atoms with Crippen LogP contribution in [-0.4, -0.2) is 29.5 Å². The van der Waals surface area contributed by atoms with Gasteiger partial charge in [-0.3, -0.25) is 25.2 Å². The van der Waals surface area contributed by atoms with Gasteiger partial charge in [-0.05, 0) is 42.9 Å². The Morgan fingerprint density at radius 2 is 1.81 bits per heavy atom. The standard InChI is InChI=1S/C20H28N2O5/c1-12(2)14-9-8-13(3)10-17(14)27-11-18(23)21-22-19(24)15-6-4-5-7-16(15)20(25)26/h8-10,12,15-16H,4-7,11H2,1-3H3,(H,21,23)(H,22,24)(H,25,26)/t15-,16-/m1/s1. The molecule has 1 aromatic carbocycles. The van der Waals surface area contributed by atoms with Crippen molar-refractivity contribution in [2.24, 2.45) is 11.8 Å². The van der Waals surface area contributed by atoms with E-state index >= 15 is 0 Å². The quantitative estimate of drug-likeness (QED) is 0.662. The van der Waals surface area contributed by atoms with E-state index in [1.165, 1.54) is 0 Å². The predicted octanol–water partition coefficient (Wildman–Crippen LogP) is 2.54. The SMILES string of the molecule is Cc1ccc(C(C)C)c(OCC(=O)NNC(=O)[C@@H]2CCCC[C@H]2C(=O)O)c1. The minimum absolute atomic E-state index is 0.240. The van der Waals surface area contributed by atoms with Crippen LogP contribution in [0, 0.1) is 18.8 Å². The average Bonchev–Trinajstić information content (AvgIpc) is 2.64. The van der Waals surface area contributed by atoms with Gasteiger partial charge >= 0.3 is 5.97 Å². The zero-order valence-electron chi connectivity index (χ0n) is 16.1. The van der Waals surface area contributed by atoms with Crippen LogP contribution < -0.4 is 15.6 Å². The summed E-state index contributed by atoms with van der Waals surface area (Å²) in [5.41, 5.74) is 6.69. The van der Waals surface area contributed by atoms with Gasteiger partial charge in [0.05, 0.1) is 11.8 Å². The number of amides is 2. The number of hydrogen-bond acceptors (Lipinski definition) is 4. The van der Waals surface area contributed by atoms with Gasteiger partial charge < -0.3 is 9.84 Å². The van der Waals surface area contributed by atoms with E-state index in [2.05, 4.69) is 10.9 Å². The first-order valence-corrected chi connectivity index (χ1v) is 9.34. The van der Waals surface area contributed by atoms with Crippen LogP contribution >= 0.6 is 0 Å². The lowest BCUT2D eigenvalue weighted by atomic mass is 9.79. The minimum Gasteiger partial charge on any atom is -0.483 e. The zero-order chi connectivity index (χ0) is 20.0. The summed E-state index contributed by atoms with van der Waals surface area (Å²) in [4.78, 5) is 35.6. The van der Waals surface area contributed by atoms with E-state index in [4.69, 9.17) is 4.74 Å². The van der Waals surface area contributed by atoms with E-state index in [0.717, 1.165) is 24.0 Å². The fourth-order valence-electron chi connectivity index (χ4n) is 3.39. The number of ether oxygens (including phenoxy) is 1. The van der Waals surface area contributed by atoms with E-state index in [9.17, 15) is 19.5 Å². The van der Waals surface area contributed by atoms with Crippen LogP contribution in [-0.2, 0) is 14.4 Å². The Bertz CT molecular complexity index is 702. The summed E-state index contributed by atoms with van der Waals surface area (Å²) in [6, 6.07) is 5.84. The number of aliphatic carboxylic acids is 1. The third kappa shape index (κ3) is 5.70. The maximum atomic E-state index is 12.2. The molecule has 0 aliphatic heterocycles. The molecular weight excluding hydrogens is 348 g/mol. The number of benzene rings is 1. The Balaban J connectivity index is 1.87. The Hall–Kier alpha value is -2.57. The van der Waals surface area contributed by atoms with Gasteiger partial charge in [0, 0.05) is 0 Å². The van der Waals surface area contributed by atoms with Gasteiger partial charge in [-0.1, -0.05) is 38.8 Å². The zero-order valence-corrected chi connectivity index (χ0v) is 16.1. The van der Waals surface area contributed by atoms with E-state index in [0.29, 0.717) is 18.6 Å². The summed E-state index contributed by atoms with van der Waals surface area (Å²) in [6.45, 7) is 5.79. The van der Waals surface area contributed by atoms with Crippen molar-refractivity contribution in [2.75, 3.05) is 6.61 Å². The molecule has 0 heterocycles. The average molecular weight is 376 g/mol. The van der Waals surface area contributed by atoms with Crippen molar-refractivity contribution in [3.8, 4) is 5.75 Å². The van der Waals surface area contributed by atoms with Gasteiger partial charge in [-0.15, -0.1) is 0 Å². The molecule has 1 aliphatic carbocycles. The van der Waals surface area contributed by atoms with Crippen LogP contribution in [0.1, 0.15) is 56.6 Å². The van der Waals surface area contributed by atoms with E-state index < -0.39 is 29.6 Å². The summed E-state index contributed by atoms with van der Waals surface area (Å²) in [5.74, 6) is -2.36. The summed E-state index contributed by atoms with van der Waals surface area (Å²) >= 11 is 0. The van der Waals surface area contributed by atoms with Crippen molar-refractivity contribution < 1.29 is 24.2 Å². The van der Waals surface area contributed by atoms with Crippen molar-refractivity contribution in [2.45, 2.75) is 52.4 Å². The molecule has 0 spiro atoms. The van der Waals surface area contributed by atoms with Gasteiger partial charge in [0.2, 0.25) is 5.91 Å². The molecule has 2 amide bonds. The van der Waals surface area contributed by atoms with Crippen LogP contribution in [0.5, 0.6) is 5.75 Å². The molecule has 7 heteroatoms. The lowest BCUT2D eigenvalue weighted by molar-refractivity contribution is -0.149. The van der Waals surface area contributed by atoms with Gasteiger partial charge in [0.1, 0.15) is 5.75 Å². The van der Waals surface area contributed by atoms with Crippen molar-refractivity contribution in [1.29, 1.82) is 0 Å². The number of nitrogens with one attached hydrogen (secondary N) is 2. The molecule has 3 N–H and O–H groups in total. The molecule has 1 aromatic rings. The predicted molar refractivity (Wildman–Crippen MR) is 100 cm³/mol. The molecule has 0 bridgehead atoms. The van der Waals surface area contributed by atoms with E-state index in [1.807, 2.05) is 39.0 Å². The largest absolute Gasteiger partial charge is 0.483 e.